The minimum absolute atomic E-state index is 0.0309. The quantitative estimate of drug-likeness (QED) is 0.0322. The van der Waals surface area contributed by atoms with Crippen molar-refractivity contribution in [3.63, 3.8) is 0 Å². The lowest BCUT2D eigenvalue weighted by Gasteiger charge is -2.22. The van der Waals surface area contributed by atoms with Gasteiger partial charge in [-0.25, -0.2) is 0 Å². The van der Waals surface area contributed by atoms with E-state index in [9.17, 15) is 19.8 Å². The Balaban J connectivity index is 3.56. The number of hydrogen-bond acceptors (Lipinski definition) is 5. The molecule has 1 amide bonds. The smallest absolute Gasteiger partial charge is 0.305 e. The number of aliphatic hydroxyl groups is 2. The molecule has 0 saturated heterocycles. The zero-order valence-electron chi connectivity index (χ0n) is 41.1. The number of amides is 1. The van der Waals surface area contributed by atoms with Crippen molar-refractivity contribution in [1.29, 1.82) is 0 Å². The van der Waals surface area contributed by atoms with Gasteiger partial charge in [0.25, 0.3) is 0 Å². The summed E-state index contributed by atoms with van der Waals surface area (Å²) in [6, 6.07) is -0.587. The third kappa shape index (κ3) is 47.3. The van der Waals surface area contributed by atoms with Crippen LogP contribution in [0.2, 0.25) is 0 Å². The molecule has 0 aliphatic rings. The van der Waals surface area contributed by atoms with E-state index in [1.165, 1.54) is 167 Å². The molecule has 0 bridgehead atoms. The lowest BCUT2D eigenvalue weighted by Crippen LogP contribution is -2.45. The predicted molar refractivity (Wildman–Crippen MR) is 269 cm³/mol. The highest BCUT2D eigenvalue weighted by Crippen LogP contribution is 2.16. The van der Waals surface area contributed by atoms with Crippen LogP contribution in [0.3, 0.4) is 0 Å². The second kappa shape index (κ2) is 51.5. The van der Waals surface area contributed by atoms with E-state index in [-0.39, 0.29) is 18.5 Å². The summed E-state index contributed by atoms with van der Waals surface area (Å²) in [5.74, 6) is -0.147. The summed E-state index contributed by atoms with van der Waals surface area (Å²) in [6.45, 7) is 4.86. The number of aliphatic hydroxyl groups excluding tert-OH is 2. The van der Waals surface area contributed by atoms with Crippen molar-refractivity contribution in [2.24, 2.45) is 0 Å². The first-order valence-corrected chi connectivity index (χ1v) is 26.9. The molecule has 0 aromatic rings. The fraction of sp³-hybridized carbons (Fsp3) is 0.821. The number of esters is 1. The molecule has 0 fully saturated rings. The molecule has 6 heteroatoms. The fourth-order valence-electron chi connectivity index (χ4n) is 7.95. The van der Waals surface area contributed by atoms with Gasteiger partial charge in [0.1, 0.15) is 0 Å². The van der Waals surface area contributed by atoms with Gasteiger partial charge in [0.15, 0.2) is 0 Å². The third-order valence-electron chi connectivity index (χ3n) is 12.1. The first kappa shape index (κ1) is 59.8. The Morgan fingerprint density at radius 2 is 0.823 bits per heavy atom. The van der Waals surface area contributed by atoms with Crippen LogP contribution >= 0.6 is 0 Å². The molecule has 62 heavy (non-hydrogen) atoms. The van der Waals surface area contributed by atoms with Crippen molar-refractivity contribution in [3.05, 3.63) is 48.6 Å². The van der Waals surface area contributed by atoms with Gasteiger partial charge in [-0.1, -0.05) is 229 Å². The summed E-state index contributed by atoms with van der Waals surface area (Å²) in [7, 11) is 0. The maximum absolute atomic E-state index is 12.4. The van der Waals surface area contributed by atoms with E-state index in [1.54, 1.807) is 0 Å². The van der Waals surface area contributed by atoms with Crippen LogP contribution in [0.5, 0.6) is 0 Å². The van der Waals surface area contributed by atoms with Crippen LogP contribution in [-0.2, 0) is 14.3 Å². The Morgan fingerprint density at radius 3 is 1.27 bits per heavy atom. The molecule has 0 aromatic carbocycles. The molecule has 0 rings (SSSR count). The lowest BCUT2D eigenvalue weighted by molar-refractivity contribution is -0.143. The molecule has 2 unspecified atom stereocenters. The van der Waals surface area contributed by atoms with Crippen molar-refractivity contribution in [1.82, 2.24) is 5.32 Å². The number of unbranched alkanes of at least 4 members (excludes halogenated alkanes) is 30. The molecule has 2 atom stereocenters. The van der Waals surface area contributed by atoms with Crippen molar-refractivity contribution in [2.75, 3.05) is 13.2 Å². The van der Waals surface area contributed by atoms with Gasteiger partial charge in [-0.05, 0) is 77.0 Å². The normalized spacial score (nSPS) is 13.0. The van der Waals surface area contributed by atoms with E-state index in [1.807, 2.05) is 6.08 Å². The molecule has 362 valence electrons. The predicted octanol–water partition coefficient (Wildman–Crippen LogP) is 16.2. The second-order valence-corrected chi connectivity index (χ2v) is 18.2. The standard InChI is InChI=1S/C56H103NO5/c1-3-5-7-9-11-13-15-17-19-21-24-28-32-36-40-44-48-54(59)53(52-58)57-55(60)49-45-41-37-33-29-25-23-27-31-35-39-43-47-51-62-56(61)50-46-42-38-34-30-26-22-20-18-16-14-12-10-8-6-4-2/h14,16,20,22,25,29,37,41,53-54,58-59H,3-13,15,17-19,21,23-24,26-28,30-36,38-40,42-52H2,1-2H3,(H,57,60)/b16-14-,22-20-,29-25-,41-37-. The van der Waals surface area contributed by atoms with E-state index >= 15 is 0 Å². The fourth-order valence-corrected chi connectivity index (χ4v) is 7.95. The van der Waals surface area contributed by atoms with Gasteiger partial charge < -0.3 is 20.3 Å². The van der Waals surface area contributed by atoms with Gasteiger partial charge >= 0.3 is 5.97 Å². The zero-order valence-corrected chi connectivity index (χ0v) is 41.1. The third-order valence-corrected chi connectivity index (χ3v) is 12.1. The van der Waals surface area contributed by atoms with Crippen LogP contribution < -0.4 is 5.32 Å². The Morgan fingerprint density at radius 1 is 0.452 bits per heavy atom. The van der Waals surface area contributed by atoms with Crippen molar-refractivity contribution >= 4 is 11.9 Å². The topological polar surface area (TPSA) is 95.9 Å². The number of nitrogens with one attached hydrogen (secondary N) is 1. The van der Waals surface area contributed by atoms with Gasteiger partial charge in [0, 0.05) is 12.8 Å². The second-order valence-electron chi connectivity index (χ2n) is 18.2. The minimum atomic E-state index is -0.700. The number of rotatable bonds is 49. The minimum Gasteiger partial charge on any atom is -0.466 e. The maximum Gasteiger partial charge on any atom is 0.305 e. The van der Waals surface area contributed by atoms with Gasteiger partial charge in [-0.15, -0.1) is 0 Å². The number of carbonyl (C=O) groups is 2. The van der Waals surface area contributed by atoms with Crippen LogP contribution in [0, 0.1) is 0 Å². The van der Waals surface area contributed by atoms with Crippen LogP contribution in [0.25, 0.3) is 0 Å². The van der Waals surface area contributed by atoms with Crippen molar-refractivity contribution < 1.29 is 24.5 Å². The molecule has 0 aromatic heterocycles. The molecule has 0 spiro atoms. The average Bonchev–Trinajstić information content (AvgIpc) is 3.27. The number of ether oxygens (including phenoxy) is 1. The zero-order chi connectivity index (χ0) is 45.1. The van der Waals surface area contributed by atoms with Crippen LogP contribution in [0.15, 0.2) is 48.6 Å². The molecule has 0 radical (unpaired) electrons. The Hall–Kier alpha value is -2.18. The van der Waals surface area contributed by atoms with Gasteiger partial charge in [-0.3, -0.25) is 9.59 Å². The SMILES string of the molecule is CCCCCC/C=C\C/C=C\CCCCCCCC(=O)OCCCCCCCC/C=C\C/C=C\CCC(=O)NC(CO)C(O)CCCCCCCCCCCCCCCCCC. The highest BCUT2D eigenvalue weighted by atomic mass is 16.5. The van der Waals surface area contributed by atoms with Crippen molar-refractivity contribution in [3.8, 4) is 0 Å². The van der Waals surface area contributed by atoms with E-state index in [4.69, 9.17) is 4.74 Å². The summed E-state index contributed by atoms with van der Waals surface area (Å²) >= 11 is 0. The van der Waals surface area contributed by atoms with E-state index in [2.05, 4.69) is 61.7 Å². The average molecular weight is 870 g/mol. The summed E-state index contributed by atoms with van der Waals surface area (Å²) < 4.78 is 5.45. The first-order chi connectivity index (χ1) is 30.5. The van der Waals surface area contributed by atoms with E-state index in [0.717, 1.165) is 64.2 Å². The maximum atomic E-state index is 12.4. The van der Waals surface area contributed by atoms with Gasteiger partial charge in [0.2, 0.25) is 5.91 Å². The molecule has 0 aliphatic carbocycles. The number of carbonyl (C=O) groups excluding carboxylic acids is 2. The van der Waals surface area contributed by atoms with E-state index < -0.39 is 12.1 Å². The monoisotopic (exact) mass is 870 g/mol. The summed E-state index contributed by atoms with van der Waals surface area (Å²) in [5, 5.41) is 23.2. The highest BCUT2D eigenvalue weighted by Gasteiger charge is 2.19. The molecule has 3 N–H and O–H groups in total. The summed E-state index contributed by atoms with van der Waals surface area (Å²) in [5.41, 5.74) is 0. The summed E-state index contributed by atoms with van der Waals surface area (Å²) in [6.07, 6.45) is 63.8. The lowest BCUT2D eigenvalue weighted by atomic mass is 10.0. The summed E-state index contributed by atoms with van der Waals surface area (Å²) in [4.78, 5) is 24.5. The number of hydrogen-bond donors (Lipinski definition) is 3. The molecule has 0 heterocycles. The Labute approximate surface area is 385 Å². The van der Waals surface area contributed by atoms with E-state index in [0.29, 0.717) is 32.3 Å². The largest absolute Gasteiger partial charge is 0.466 e. The Kier molecular flexibility index (Phi) is 49.6. The van der Waals surface area contributed by atoms with Crippen LogP contribution in [-0.4, -0.2) is 47.4 Å². The molecule has 0 saturated carbocycles. The number of allylic oxidation sites excluding steroid dienone is 8. The van der Waals surface area contributed by atoms with Gasteiger partial charge in [0.05, 0.1) is 25.4 Å². The molecule has 0 aliphatic heterocycles. The first-order valence-electron chi connectivity index (χ1n) is 26.9. The van der Waals surface area contributed by atoms with Crippen LogP contribution in [0.4, 0.5) is 0 Å². The molecular formula is C56H103NO5. The van der Waals surface area contributed by atoms with Gasteiger partial charge in [-0.2, -0.15) is 0 Å². The Bertz CT molecular complexity index is 1050. The highest BCUT2D eigenvalue weighted by molar-refractivity contribution is 5.76. The van der Waals surface area contributed by atoms with Crippen molar-refractivity contribution in [2.45, 2.75) is 283 Å². The van der Waals surface area contributed by atoms with Crippen LogP contribution in [0.1, 0.15) is 271 Å². The molecule has 6 nitrogen and oxygen atoms in total. The molecular weight excluding hydrogens is 767 g/mol.